The number of nitrogens with one attached hydrogen (secondary N) is 1. The van der Waals surface area contributed by atoms with Crippen molar-refractivity contribution in [2.45, 2.75) is 17.4 Å². The van der Waals surface area contributed by atoms with E-state index < -0.39 is 17.8 Å². The highest BCUT2D eigenvalue weighted by atomic mass is 32.2. The van der Waals surface area contributed by atoms with E-state index in [1.165, 1.54) is 18.0 Å². The van der Waals surface area contributed by atoms with Crippen molar-refractivity contribution in [3.63, 3.8) is 0 Å². The van der Waals surface area contributed by atoms with Crippen LogP contribution >= 0.6 is 24.4 Å². The Morgan fingerprint density at radius 2 is 2.33 bits per heavy atom. The van der Waals surface area contributed by atoms with E-state index in [-0.39, 0.29) is 11.3 Å². The van der Waals surface area contributed by atoms with E-state index in [0.717, 1.165) is 0 Å². The molecule has 1 aromatic rings. The fourth-order valence-corrected chi connectivity index (χ4v) is 1.56. The van der Waals surface area contributed by atoms with E-state index in [2.05, 4.69) is 22.6 Å². The number of thioether (sulfide) groups is 1. The molecule has 15 heavy (non-hydrogen) atoms. The van der Waals surface area contributed by atoms with Crippen molar-refractivity contribution in [3.05, 3.63) is 22.1 Å². The molecule has 0 aliphatic rings. The third kappa shape index (κ3) is 2.97. The van der Waals surface area contributed by atoms with Gasteiger partial charge in [0.05, 0.1) is 11.7 Å². The van der Waals surface area contributed by atoms with Gasteiger partial charge in [-0.1, -0.05) is 11.8 Å². The maximum atomic E-state index is 11.5. The summed E-state index contributed by atoms with van der Waals surface area (Å²) in [7, 11) is 0. The molecular formula is C8H12N2O3S2. The van der Waals surface area contributed by atoms with E-state index in [1.807, 2.05) is 0 Å². The average molecular weight is 248 g/mol. The summed E-state index contributed by atoms with van der Waals surface area (Å²) in [5, 5.41) is 19.4. The molecule has 2 unspecified atom stereocenters. The quantitative estimate of drug-likeness (QED) is 0.337. The predicted octanol–water partition coefficient (Wildman–Crippen LogP) is -0.184. The lowest BCUT2D eigenvalue weighted by atomic mass is 10.1. The Morgan fingerprint density at radius 3 is 2.80 bits per heavy atom. The second-order valence-corrected chi connectivity index (χ2v) is 4.03. The summed E-state index contributed by atoms with van der Waals surface area (Å²) < 4.78 is 0. The molecule has 1 heterocycles. The van der Waals surface area contributed by atoms with Crippen LogP contribution in [0.4, 0.5) is 0 Å². The molecule has 84 valence electrons. The summed E-state index contributed by atoms with van der Waals surface area (Å²) in [5.74, 6) is 0.0743. The number of aliphatic hydroxyl groups excluding tert-OH is 2. The summed E-state index contributed by atoms with van der Waals surface area (Å²) in [6, 6.07) is 0. The van der Waals surface area contributed by atoms with Gasteiger partial charge in [0.25, 0.3) is 5.56 Å². The molecule has 0 spiro atoms. The van der Waals surface area contributed by atoms with Crippen molar-refractivity contribution >= 4 is 24.4 Å². The highest BCUT2D eigenvalue weighted by Gasteiger charge is 2.20. The van der Waals surface area contributed by atoms with Crippen LogP contribution in [0, 0.1) is 0 Å². The van der Waals surface area contributed by atoms with Crippen LogP contribution in [0.15, 0.2) is 16.1 Å². The Hall–Kier alpha value is -0.500. The van der Waals surface area contributed by atoms with Crippen LogP contribution in [-0.4, -0.2) is 38.3 Å². The molecule has 0 saturated carbocycles. The van der Waals surface area contributed by atoms with Crippen molar-refractivity contribution in [2.75, 3.05) is 12.0 Å². The third-order valence-corrected chi connectivity index (χ3v) is 2.84. The Morgan fingerprint density at radius 1 is 1.67 bits per heavy atom. The SMILES string of the molecule is CSc1ncc(C(O)C(O)CS)c(=O)[nH]1. The molecule has 0 radical (unpaired) electrons. The van der Waals surface area contributed by atoms with Gasteiger partial charge in [-0.3, -0.25) is 4.79 Å². The van der Waals surface area contributed by atoms with Crippen LogP contribution in [-0.2, 0) is 0 Å². The average Bonchev–Trinajstić information content (AvgIpc) is 2.26. The number of rotatable bonds is 4. The van der Waals surface area contributed by atoms with E-state index >= 15 is 0 Å². The molecule has 0 amide bonds. The standard InChI is InChI=1S/C8H12N2O3S2/c1-15-8-9-2-4(7(13)10-8)6(12)5(11)3-14/h2,5-6,11-12,14H,3H2,1H3,(H,9,10,13). The maximum absolute atomic E-state index is 11.5. The Kier molecular flexibility index (Phi) is 4.65. The number of aliphatic hydroxyl groups is 2. The fourth-order valence-electron chi connectivity index (χ4n) is 1.01. The lowest BCUT2D eigenvalue weighted by Crippen LogP contribution is -2.27. The third-order valence-electron chi connectivity index (χ3n) is 1.87. The monoisotopic (exact) mass is 248 g/mol. The van der Waals surface area contributed by atoms with Gasteiger partial charge < -0.3 is 15.2 Å². The van der Waals surface area contributed by atoms with E-state index in [4.69, 9.17) is 0 Å². The summed E-state index contributed by atoms with van der Waals surface area (Å²) in [6.07, 6.45) is 0.713. The molecule has 0 aliphatic carbocycles. The fraction of sp³-hybridized carbons (Fsp3) is 0.500. The molecule has 1 rings (SSSR count). The van der Waals surface area contributed by atoms with Crippen molar-refractivity contribution in [3.8, 4) is 0 Å². The lowest BCUT2D eigenvalue weighted by Gasteiger charge is -2.14. The smallest absolute Gasteiger partial charge is 0.257 e. The summed E-state index contributed by atoms with van der Waals surface area (Å²) >= 11 is 5.12. The number of aromatic amines is 1. The highest BCUT2D eigenvalue weighted by molar-refractivity contribution is 7.98. The Bertz CT molecular complexity index is 382. The molecule has 0 aliphatic heterocycles. The van der Waals surface area contributed by atoms with Crippen molar-refractivity contribution in [1.82, 2.24) is 9.97 Å². The molecule has 3 N–H and O–H groups in total. The van der Waals surface area contributed by atoms with Gasteiger partial charge in [0.15, 0.2) is 5.16 Å². The van der Waals surface area contributed by atoms with Crippen LogP contribution in [0.25, 0.3) is 0 Å². The molecule has 7 heteroatoms. The normalized spacial score (nSPS) is 14.9. The van der Waals surface area contributed by atoms with Crippen molar-refractivity contribution < 1.29 is 10.2 Å². The molecular weight excluding hydrogens is 236 g/mol. The highest BCUT2D eigenvalue weighted by Crippen LogP contribution is 2.14. The molecule has 0 fully saturated rings. The number of aromatic nitrogens is 2. The van der Waals surface area contributed by atoms with Gasteiger partial charge in [-0.2, -0.15) is 12.6 Å². The molecule has 2 atom stereocenters. The molecule has 0 aromatic carbocycles. The topological polar surface area (TPSA) is 86.2 Å². The number of hydrogen-bond acceptors (Lipinski definition) is 6. The largest absolute Gasteiger partial charge is 0.389 e. The summed E-state index contributed by atoms with van der Waals surface area (Å²) in [6.45, 7) is 0. The van der Waals surface area contributed by atoms with Gasteiger partial charge in [-0.05, 0) is 6.26 Å². The second-order valence-electron chi connectivity index (χ2n) is 2.87. The zero-order valence-corrected chi connectivity index (χ0v) is 9.76. The van der Waals surface area contributed by atoms with E-state index in [9.17, 15) is 15.0 Å². The maximum Gasteiger partial charge on any atom is 0.257 e. The zero-order chi connectivity index (χ0) is 11.4. The van der Waals surface area contributed by atoms with Gasteiger partial charge in [-0.15, -0.1) is 0 Å². The minimum absolute atomic E-state index is 0.0503. The number of nitrogens with zero attached hydrogens (tertiary/aromatic N) is 1. The Labute approximate surface area is 96.4 Å². The minimum Gasteiger partial charge on any atom is -0.389 e. The minimum atomic E-state index is -1.25. The molecule has 0 bridgehead atoms. The van der Waals surface area contributed by atoms with Crippen molar-refractivity contribution in [2.24, 2.45) is 0 Å². The summed E-state index contributed by atoms with van der Waals surface area (Å²) in [5.41, 5.74) is -0.392. The van der Waals surface area contributed by atoms with Crippen LogP contribution in [0.1, 0.15) is 11.7 Å². The Balaban J connectivity index is 3.00. The predicted molar refractivity (Wildman–Crippen MR) is 61.5 cm³/mol. The zero-order valence-electron chi connectivity index (χ0n) is 8.04. The van der Waals surface area contributed by atoms with Crippen LogP contribution in [0.5, 0.6) is 0 Å². The van der Waals surface area contributed by atoms with Gasteiger partial charge in [0, 0.05) is 11.9 Å². The number of hydrogen-bond donors (Lipinski definition) is 4. The van der Waals surface area contributed by atoms with Gasteiger partial charge in [-0.25, -0.2) is 4.98 Å². The summed E-state index contributed by atoms with van der Waals surface area (Å²) in [4.78, 5) is 17.8. The van der Waals surface area contributed by atoms with Gasteiger partial charge >= 0.3 is 0 Å². The first-order valence-corrected chi connectivity index (χ1v) is 6.06. The molecule has 1 aromatic heterocycles. The first-order chi connectivity index (χ1) is 7.10. The van der Waals surface area contributed by atoms with Gasteiger partial charge in [0.1, 0.15) is 6.10 Å². The first-order valence-electron chi connectivity index (χ1n) is 4.20. The number of thiol groups is 1. The van der Waals surface area contributed by atoms with Crippen LogP contribution < -0.4 is 5.56 Å². The lowest BCUT2D eigenvalue weighted by molar-refractivity contribution is 0.0325. The van der Waals surface area contributed by atoms with E-state index in [1.54, 1.807) is 6.26 Å². The molecule has 0 saturated heterocycles. The van der Waals surface area contributed by atoms with E-state index in [0.29, 0.717) is 5.16 Å². The molecule has 5 nitrogen and oxygen atoms in total. The van der Waals surface area contributed by atoms with Gasteiger partial charge in [0.2, 0.25) is 0 Å². The van der Waals surface area contributed by atoms with Crippen LogP contribution in [0.2, 0.25) is 0 Å². The first kappa shape index (κ1) is 12.6. The van der Waals surface area contributed by atoms with Crippen LogP contribution in [0.3, 0.4) is 0 Å². The second kappa shape index (κ2) is 5.55. The number of H-pyrrole nitrogens is 1. The van der Waals surface area contributed by atoms with Crippen molar-refractivity contribution in [1.29, 1.82) is 0 Å².